The van der Waals surface area contributed by atoms with E-state index in [1.807, 2.05) is 55.5 Å². The SMILES string of the molecule is CC[C@H](C(=O)OCCN1CCO[C@@H](c2ccccc2)[C@H]1C)c1ccccc1. The molecule has 3 rings (SSSR count). The van der Waals surface area contributed by atoms with Crippen molar-refractivity contribution in [3.8, 4) is 0 Å². The Kier molecular flexibility index (Phi) is 7.02. The van der Waals surface area contributed by atoms with Crippen molar-refractivity contribution in [1.29, 1.82) is 0 Å². The fourth-order valence-electron chi connectivity index (χ4n) is 3.75. The summed E-state index contributed by atoms with van der Waals surface area (Å²) in [6, 6.07) is 20.4. The maximum atomic E-state index is 12.5. The van der Waals surface area contributed by atoms with Gasteiger partial charge < -0.3 is 9.47 Å². The second-order valence-corrected chi connectivity index (χ2v) is 7.02. The first-order valence-electron chi connectivity index (χ1n) is 9.83. The largest absolute Gasteiger partial charge is 0.464 e. The number of nitrogens with zero attached hydrogens (tertiary/aromatic N) is 1. The molecule has 1 fully saturated rings. The third kappa shape index (κ3) is 4.96. The third-order valence-corrected chi connectivity index (χ3v) is 5.34. The zero-order chi connectivity index (χ0) is 19.1. The fraction of sp³-hybridized carbons (Fsp3) is 0.435. The van der Waals surface area contributed by atoms with E-state index >= 15 is 0 Å². The minimum atomic E-state index is -0.189. The molecule has 0 saturated carbocycles. The number of hydrogen-bond donors (Lipinski definition) is 0. The topological polar surface area (TPSA) is 38.8 Å². The summed E-state index contributed by atoms with van der Waals surface area (Å²) in [5.41, 5.74) is 2.22. The highest BCUT2D eigenvalue weighted by atomic mass is 16.5. The number of esters is 1. The molecule has 144 valence electrons. The van der Waals surface area contributed by atoms with Crippen molar-refractivity contribution >= 4 is 5.97 Å². The zero-order valence-electron chi connectivity index (χ0n) is 16.2. The Morgan fingerprint density at radius 2 is 1.81 bits per heavy atom. The van der Waals surface area contributed by atoms with Gasteiger partial charge in [-0.2, -0.15) is 0 Å². The van der Waals surface area contributed by atoms with Crippen molar-refractivity contribution in [3.63, 3.8) is 0 Å². The zero-order valence-corrected chi connectivity index (χ0v) is 16.2. The molecule has 0 radical (unpaired) electrons. The van der Waals surface area contributed by atoms with Gasteiger partial charge in [0.1, 0.15) is 6.61 Å². The van der Waals surface area contributed by atoms with Crippen molar-refractivity contribution < 1.29 is 14.3 Å². The lowest BCUT2D eigenvalue weighted by atomic mass is 9.97. The minimum absolute atomic E-state index is 0.0587. The van der Waals surface area contributed by atoms with Crippen LogP contribution in [0.15, 0.2) is 60.7 Å². The predicted molar refractivity (Wildman–Crippen MR) is 107 cm³/mol. The number of carbonyl (C=O) groups is 1. The van der Waals surface area contributed by atoms with Crippen LogP contribution >= 0.6 is 0 Å². The molecule has 2 aromatic rings. The van der Waals surface area contributed by atoms with E-state index in [2.05, 4.69) is 24.0 Å². The summed E-state index contributed by atoms with van der Waals surface area (Å²) in [5.74, 6) is -0.324. The molecular formula is C23H29NO3. The molecule has 0 aliphatic carbocycles. The maximum Gasteiger partial charge on any atom is 0.313 e. The average Bonchev–Trinajstić information content (AvgIpc) is 2.71. The fourth-order valence-corrected chi connectivity index (χ4v) is 3.75. The molecule has 2 aromatic carbocycles. The molecule has 0 bridgehead atoms. The Hall–Kier alpha value is -2.17. The van der Waals surface area contributed by atoms with Gasteiger partial charge in [-0.25, -0.2) is 0 Å². The summed E-state index contributed by atoms with van der Waals surface area (Å²) < 4.78 is 11.6. The molecule has 1 aliphatic heterocycles. The molecule has 3 atom stereocenters. The normalized spacial score (nSPS) is 21.6. The van der Waals surface area contributed by atoms with Crippen LogP contribution in [0.3, 0.4) is 0 Å². The number of carbonyl (C=O) groups excluding carboxylic acids is 1. The van der Waals surface area contributed by atoms with Crippen LogP contribution in [0.25, 0.3) is 0 Å². The summed E-state index contributed by atoms with van der Waals surface area (Å²) in [6.45, 7) is 6.89. The lowest BCUT2D eigenvalue weighted by Gasteiger charge is -2.39. The number of hydrogen-bond acceptors (Lipinski definition) is 4. The lowest BCUT2D eigenvalue weighted by Crippen LogP contribution is -2.47. The Morgan fingerprint density at radius 1 is 1.15 bits per heavy atom. The van der Waals surface area contributed by atoms with E-state index in [0.29, 0.717) is 13.2 Å². The highest BCUT2D eigenvalue weighted by Crippen LogP contribution is 2.28. The van der Waals surface area contributed by atoms with E-state index in [0.717, 1.165) is 25.1 Å². The highest BCUT2D eigenvalue weighted by molar-refractivity contribution is 5.78. The predicted octanol–water partition coefficient (Wildman–Crippen LogP) is 4.19. The highest BCUT2D eigenvalue weighted by Gasteiger charge is 2.30. The first-order chi connectivity index (χ1) is 13.2. The molecule has 0 unspecified atom stereocenters. The van der Waals surface area contributed by atoms with E-state index in [1.54, 1.807) is 0 Å². The second-order valence-electron chi connectivity index (χ2n) is 7.02. The molecule has 4 nitrogen and oxygen atoms in total. The smallest absolute Gasteiger partial charge is 0.313 e. The third-order valence-electron chi connectivity index (χ3n) is 5.34. The molecule has 27 heavy (non-hydrogen) atoms. The van der Waals surface area contributed by atoms with E-state index < -0.39 is 0 Å². The van der Waals surface area contributed by atoms with Crippen molar-refractivity contribution in [2.45, 2.75) is 38.3 Å². The van der Waals surface area contributed by atoms with Crippen LogP contribution in [0.1, 0.15) is 43.4 Å². The molecule has 1 heterocycles. The van der Waals surface area contributed by atoms with E-state index in [9.17, 15) is 4.79 Å². The van der Waals surface area contributed by atoms with Gasteiger partial charge in [-0.1, -0.05) is 67.6 Å². The van der Waals surface area contributed by atoms with Gasteiger partial charge in [0.15, 0.2) is 0 Å². The average molecular weight is 367 g/mol. The number of rotatable bonds is 7. The maximum absolute atomic E-state index is 12.5. The lowest BCUT2D eigenvalue weighted by molar-refractivity contribution is -0.147. The van der Waals surface area contributed by atoms with E-state index in [1.165, 1.54) is 5.56 Å². The molecule has 0 spiro atoms. The summed E-state index contributed by atoms with van der Waals surface area (Å²) >= 11 is 0. The minimum Gasteiger partial charge on any atom is -0.464 e. The van der Waals surface area contributed by atoms with Gasteiger partial charge in [0, 0.05) is 19.1 Å². The summed E-state index contributed by atoms with van der Waals surface area (Å²) in [4.78, 5) is 14.9. The van der Waals surface area contributed by atoms with Crippen LogP contribution in [0.2, 0.25) is 0 Å². The van der Waals surface area contributed by atoms with Crippen molar-refractivity contribution in [3.05, 3.63) is 71.8 Å². The van der Waals surface area contributed by atoms with Gasteiger partial charge in [0.05, 0.1) is 18.6 Å². The Balaban J connectivity index is 1.53. The van der Waals surface area contributed by atoms with Crippen LogP contribution < -0.4 is 0 Å². The van der Waals surface area contributed by atoms with Crippen LogP contribution in [-0.2, 0) is 14.3 Å². The van der Waals surface area contributed by atoms with Crippen molar-refractivity contribution in [1.82, 2.24) is 4.90 Å². The monoisotopic (exact) mass is 367 g/mol. The molecular weight excluding hydrogens is 338 g/mol. The molecule has 0 aromatic heterocycles. The van der Waals surface area contributed by atoms with Crippen molar-refractivity contribution in [2.24, 2.45) is 0 Å². The van der Waals surface area contributed by atoms with Gasteiger partial charge in [-0.3, -0.25) is 9.69 Å². The van der Waals surface area contributed by atoms with Gasteiger partial charge >= 0.3 is 5.97 Å². The molecule has 1 saturated heterocycles. The van der Waals surface area contributed by atoms with E-state index in [-0.39, 0.29) is 24.0 Å². The molecule has 0 N–H and O–H groups in total. The number of benzene rings is 2. The van der Waals surface area contributed by atoms with Gasteiger partial charge in [-0.15, -0.1) is 0 Å². The van der Waals surface area contributed by atoms with Gasteiger partial charge in [0.2, 0.25) is 0 Å². The molecule has 4 heteroatoms. The summed E-state index contributed by atoms with van der Waals surface area (Å²) in [5, 5.41) is 0. The Bertz CT molecular complexity index is 704. The summed E-state index contributed by atoms with van der Waals surface area (Å²) in [6.07, 6.45) is 0.802. The number of morpholine rings is 1. The summed E-state index contributed by atoms with van der Waals surface area (Å²) in [7, 11) is 0. The Labute approximate surface area is 162 Å². The van der Waals surface area contributed by atoms with Gasteiger partial charge in [0.25, 0.3) is 0 Å². The van der Waals surface area contributed by atoms with Crippen LogP contribution in [0.5, 0.6) is 0 Å². The first kappa shape index (κ1) is 19.6. The standard InChI is InChI=1S/C23H29NO3/c1-3-21(19-10-6-4-7-11-19)23(25)27-17-15-24-14-16-26-22(18(24)2)20-12-8-5-9-13-20/h4-13,18,21-22H,3,14-17H2,1-2H3/t18-,21+,22-/m1/s1. The first-order valence-corrected chi connectivity index (χ1v) is 9.83. The van der Waals surface area contributed by atoms with Crippen LogP contribution in [0, 0.1) is 0 Å². The molecule has 1 aliphatic rings. The van der Waals surface area contributed by atoms with Crippen LogP contribution in [0.4, 0.5) is 0 Å². The number of ether oxygens (including phenoxy) is 2. The van der Waals surface area contributed by atoms with E-state index in [4.69, 9.17) is 9.47 Å². The van der Waals surface area contributed by atoms with Gasteiger partial charge in [-0.05, 0) is 24.5 Å². The molecule has 0 amide bonds. The van der Waals surface area contributed by atoms with Crippen LogP contribution in [-0.4, -0.2) is 43.2 Å². The van der Waals surface area contributed by atoms with Crippen molar-refractivity contribution in [2.75, 3.05) is 26.3 Å². The Morgan fingerprint density at radius 3 is 2.48 bits per heavy atom. The second kappa shape index (κ2) is 9.67. The quantitative estimate of drug-likeness (QED) is 0.688.